The third kappa shape index (κ3) is 2.68. The summed E-state index contributed by atoms with van der Waals surface area (Å²) in [6.45, 7) is 1.13. The molecule has 0 spiro atoms. The Kier molecular flexibility index (Phi) is 4.36. The molecule has 1 atom stereocenters. The third-order valence-electron chi connectivity index (χ3n) is 3.36. The van der Waals surface area contributed by atoms with Gasteiger partial charge in [0, 0.05) is 13.1 Å². The van der Waals surface area contributed by atoms with E-state index in [1.165, 1.54) is 0 Å². The monoisotopic (exact) mass is 308 g/mol. The summed E-state index contributed by atoms with van der Waals surface area (Å²) in [5.41, 5.74) is 0. The van der Waals surface area contributed by atoms with Crippen molar-refractivity contribution >= 4 is 10.0 Å². The lowest BCUT2D eigenvalue weighted by atomic mass is 10.1. The van der Waals surface area contributed by atoms with Crippen molar-refractivity contribution in [1.82, 2.24) is 9.62 Å². The lowest BCUT2D eigenvalue weighted by Gasteiger charge is -2.17. The van der Waals surface area contributed by atoms with Crippen LogP contribution in [0, 0.1) is 23.4 Å². The van der Waals surface area contributed by atoms with Crippen LogP contribution >= 0.6 is 0 Å². The van der Waals surface area contributed by atoms with E-state index in [4.69, 9.17) is 0 Å². The Labute approximate surface area is 115 Å². The largest absolute Gasteiger partial charge is 0.319 e. The van der Waals surface area contributed by atoms with E-state index in [9.17, 15) is 21.6 Å². The summed E-state index contributed by atoms with van der Waals surface area (Å²) in [6, 6.07) is 1.38. The summed E-state index contributed by atoms with van der Waals surface area (Å²) >= 11 is 0. The normalized spacial score (nSPS) is 20.5. The molecule has 0 bridgehead atoms. The first-order valence-corrected chi connectivity index (χ1v) is 7.60. The van der Waals surface area contributed by atoms with Gasteiger partial charge in [-0.25, -0.2) is 21.6 Å². The third-order valence-corrected chi connectivity index (χ3v) is 5.24. The Morgan fingerprint density at radius 1 is 1.30 bits per heavy atom. The van der Waals surface area contributed by atoms with E-state index in [1.54, 1.807) is 7.05 Å². The molecular weight excluding hydrogens is 293 g/mol. The summed E-state index contributed by atoms with van der Waals surface area (Å²) in [6.07, 6.45) is 0.644. The Bertz CT molecular complexity index is 607. The molecule has 0 aliphatic carbocycles. The number of rotatable bonds is 4. The summed E-state index contributed by atoms with van der Waals surface area (Å²) < 4.78 is 65.2. The molecule has 1 aromatic carbocycles. The van der Waals surface area contributed by atoms with Crippen LogP contribution in [0.4, 0.5) is 13.2 Å². The van der Waals surface area contributed by atoms with Crippen LogP contribution in [0.5, 0.6) is 0 Å². The summed E-state index contributed by atoms with van der Waals surface area (Å²) in [5.74, 6) is -4.71. The molecule has 0 radical (unpaired) electrons. The summed E-state index contributed by atoms with van der Waals surface area (Å²) in [7, 11) is -2.38. The molecule has 1 aliphatic rings. The van der Waals surface area contributed by atoms with E-state index >= 15 is 0 Å². The molecule has 2 rings (SSSR count). The molecule has 20 heavy (non-hydrogen) atoms. The molecule has 1 fully saturated rings. The molecule has 1 saturated heterocycles. The van der Waals surface area contributed by atoms with Crippen molar-refractivity contribution in [2.24, 2.45) is 5.92 Å². The molecule has 0 unspecified atom stereocenters. The maximum atomic E-state index is 13.6. The Morgan fingerprint density at radius 2 is 2.00 bits per heavy atom. The highest BCUT2D eigenvalue weighted by Crippen LogP contribution is 2.27. The number of hydrogen-bond donors (Lipinski definition) is 1. The lowest BCUT2D eigenvalue weighted by molar-refractivity contribution is 0.419. The second-order valence-electron chi connectivity index (χ2n) is 4.75. The molecule has 112 valence electrons. The summed E-state index contributed by atoms with van der Waals surface area (Å²) in [5, 5.41) is 2.94. The predicted molar refractivity (Wildman–Crippen MR) is 67.1 cm³/mol. The SMILES string of the molecule is CNC[C@@H]1CCN(S(=O)(=O)c2ccc(F)c(F)c2F)C1. The van der Waals surface area contributed by atoms with Crippen molar-refractivity contribution in [3.05, 3.63) is 29.6 Å². The summed E-state index contributed by atoms with van der Waals surface area (Å²) in [4.78, 5) is -0.818. The quantitative estimate of drug-likeness (QED) is 0.854. The number of hydrogen-bond acceptors (Lipinski definition) is 3. The predicted octanol–water partition coefficient (Wildman–Crippen LogP) is 1.33. The minimum absolute atomic E-state index is 0.128. The Balaban J connectivity index is 2.30. The van der Waals surface area contributed by atoms with Crippen LogP contribution < -0.4 is 5.32 Å². The van der Waals surface area contributed by atoms with Gasteiger partial charge in [0.1, 0.15) is 4.90 Å². The van der Waals surface area contributed by atoms with E-state index in [-0.39, 0.29) is 19.0 Å². The number of sulfonamides is 1. The highest BCUT2D eigenvalue weighted by Gasteiger charge is 2.35. The number of nitrogens with zero attached hydrogens (tertiary/aromatic N) is 1. The van der Waals surface area contributed by atoms with E-state index in [2.05, 4.69) is 5.32 Å². The minimum Gasteiger partial charge on any atom is -0.319 e. The first kappa shape index (κ1) is 15.3. The van der Waals surface area contributed by atoms with E-state index in [0.29, 0.717) is 19.0 Å². The molecule has 1 N–H and O–H groups in total. The molecule has 0 saturated carbocycles. The van der Waals surface area contributed by atoms with Crippen LogP contribution in [0.2, 0.25) is 0 Å². The van der Waals surface area contributed by atoms with Crippen molar-refractivity contribution in [2.75, 3.05) is 26.7 Å². The van der Waals surface area contributed by atoms with Gasteiger partial charge >= 0.3 is 0 Å². The first-order chi connectivity index (χ1) is 9.37. The fourth-order valence-corrected chi connectivity index (χ4v) is 3.90. The molecule has 8 heteroatoms. The highest BCUT2D eigenvalue weighted by atomic mass is 32.2. The van der Waals surface area contributed by atoms with E-state index < -0.39 is 32.4 Å². The zero-order chi connectivity index (χ0) is 14.9. The zero-order valence-electron chi connectivity index (χ0n) is 10.9. The van der Waals surface area contributed by atoms with E-state index in [0.717, 1.165) is 10.4 Å². The van der Waals surface area contributed by atoms with Crippen LogP contribution in [-0.2, 0) is 10.0 Å². The van der Waals surface area contributed by atoms with Crippen LogP contribution in [0.3, 0.4) is 0 Å². The van der Waals surface area contributed by atoms with Crippen LogP contribution in [0.15, 0.2) is 17.0 Å². The van der Waals surface area contributed by atoms with Gasteiger partial charge in [-0.2, -0.15) is 4.31 Å². The van der Waals surface area contributed by atoms with Gasteiger partial charge in [-0.15, -0.1) is 0 Å². The average Bonchev–Trinajstić information content (AvgIpc) is 2.85. The van der Waals surface area contributed by atoms with Gasteiger partial charge in [0.25, 0.3) is 0 Å². The molecule has 4 nitrogen and oxygen atoms in total. The average molecular weight is 308 g/mol. The van der Waals surface area contributed by atoms with Gasteiger partial charge in [-0.3, -0.25) is 0 Å². The van der Waals surface area contributed by atoms with Gasteiger partial charge in [-0.05, 0) is 38.1 Å². The molecule has 0 aromatic heterocycles. The van der Waals surface area contributed by atoms with Crippen molar-refractivity contribution < 1.29 is 21.6 Å². The first-order valence-electron chi connectivity index (χ1n) is 6.16. The van der Waals surface area contributed by atoms with Gasteiger partial charge in [-0.1, -0.05) is 0 Å². The molecule has 0 amide bonds. The topological polar surface area (TPSA) is 49.4 Å². The van der Waals surface area contributed by atoms with Crippen molar-refractivity contribution in [3.63, 3.8) is 0 Å². The van der Waals surface area contributed by atoms with Crippen molar-refractivity contribution in [1.29, 1.82) is 0 Å². The lowest BCUT2D eigenvalue weighted by Crippen LogP contribution is -2.31. The van der Waals surface area contributed by atoms with Gasteiger partial charge in [0.15, 0.2) is 17.5 Å². The highest BCUT2D eigenvalue weighted by molar-refractivity contribution is 7.89. The maximum absolute atomic E-state index is 13.6. The van der Waals surface area contributed by atoms with Crippen molar-refractivity contribution in [3.8, 4) is 0 Å². The second-order valence-corrected chi connectivity index (χ2v) is 6.66. The van der Waals surface area contributed by atoms with Crippen LogP contribution in [-0.4, -0.2) is 39.4 Å². The second kappa shape index (κ2) is 5.71. The molecule has 1 aromatic rings. The van der Waals surface area contributed by atoms with Crippen LogP contribution in [0.25, 0.3) is 0 Å². The Morgan fingerprint density at radius 3 is 2.65 bits per heavy atom. The standard InChI is InChI=1S/C12H15F3N2O2S/c1-16-6-8-4-5-17(7-8)20(18,19)10-3-2-9(13)11(14)12(10)15/h2-3,8,16H,4-7H2,1H3/t8-/m0/s1. The fraction of sp³-hybridized carbons (Fsp3) is 0.500. The number of benzene rings is 1. The minimum atomic E-state index is -4.14. The zero-order valence-corrected chi connectivity index (χ0v) is 11.7. The maximum Gasteiger partial charge on any atom is 0.246 e. The van der Waals surface area contributed by atoms with Gasteiger partial charge in [0.2, 0.25) is 10.0 Å². The number of halogens is 3. The molecule has 1 aliphatic heterocycles. The Hall–Kier alpha value is -1.12. The van der Waals surface area contributed by atoms with E-state index in [1.807, 2.05) is 0 Å². The van der Waals surface area contributed by atoms with Crippen molar-refractivity contribution in [2.45, 2.75) is 11.3 Å². The smallest absolute Gasteiger partial charge is 0.246 e. The molecular formula is C12H15F3N2O2S. The molecule has 1 heterocycles. The fourth-order valence-electron chi connectivity index (χ4n) is 2.32. The van der Waals surface area contributed by atoms with Gasteiger partial charge in [0.05, 0.1) is 0 Å². The van der Waals surface area contributed by atoms with Crippen LogP contribution in [0.1, 0.15) is 6.42 Å². The van der Waals surface area contributed by atoms with Gasteiger partial charge < -0.3 is 5.32 Å². The number of nitrogens with one attached hydrogen (secondary N) is 1.